The first kappa shape index (κ1) is 28.3. The number of hydrogen-bond donors (Lipinski definition) is 1. The Balaban J connectivity index is 0.00000176. The largest absolute Gasteiger partial charge is 0.355 e. The van der Waals surface area contributed by atoms with E-state index in [1.165, 1.54) is 16.1 Å². The first-order valence-electron chi connectivity index (χ1n) is 12.8. The van der Waals surface area contributed by atoms with Crippen molar-refractivity contribution in [3.63, 3.8) is 0 Å². The molecular weight excluding hydrogens is 488 g/mol. The standard InChI is InChI=1S/C26H35ClN6S.C2H2/c1-4-7-20(17(2)19-8-5-9-21-24(19)18(15-28)16-34-21)25(29)26-30-22(27)14-23(31-26)33-11-6-10-32(3)12-13-33;1-2/h14,18-19,29H,4-13,16H2,1-3H3;1-2H/b20-17+,29-25?;/t18?,19-;/m1./s1. The van der Waals surface area contributed by atoms with E-state index < -0.39 is 0 Å². The van der Waals surface area contributed by atoms with Gasteiger partial charge in [0.1, 0.15) is 16.7 Å². The van der Waals surface area contributed by atoms with Crippen molar-refractivity contribution in [2.45, 2.75) is 52.4 Å². The fraction of sp³-hybridized carbons (Fsp3) is 0.571. The van der Waals surface area contributed by atoms with Crippen LogP contribution in [-0.4, -0.2) is 59.6 Å². The van der Waals surface area contributed by atoms with Gasteiger partial charge in [-0.1, -0.05) is 30.5 Å². The van der Waals surface area contributed by atoms with E-state index in [0.717, 1.165) is 81.8 Å². The number of terminal acetylenes is 1. The highest BCUT2D eigenvalue weighted by molar-refractivity contribution is 8.03. The highest BCUT2D eigenvalue weighted by Gasteiger charge is 2.36. The van der Waals surface area contributed by atoms with Crippen LogP contribution < -0.4 is 4.90 Å². The number of halogens is 1. The predicted octanol–water partition coefficient (Wildman–Crippen LogP) is 5.95. The van der Waals surface area contributed by atoms with E-state index in [4.69, 9.17) is 22.0 Å². The predicted molar refractivity (Wildman–Crippen MR) is 152 cm³/mol. The summed E-state index contributed by atoms with van der Waals surface area (Å²) < 4.78 is 0. The maximum Gasteiger partial charge on any atom is 0.181 e. The summed E-state index contributed by atoms with van der Waals surface area (Å²) in [4.78, 5) is 15.3. The molecule has 2 atom stereocenters. The molecular formula is C28H37ClN6S. The number of nitriles is 1. The van der Waals surface area contributed by atoms with Gasteiger partial charge in [0.2, 0.25) is 0 Å². The van der Waals surface area contributed by atoms with Crippen LogP contribution in [0.15, 0.2) is 27.7 Å². The average Bonchev–Trinajstić information content (AvgIpc) is 3.20. The summed E-state index contributed by atoms with van der Waals surface area (Å²) in [6.45, 7) is 8.17. The van der Waals surface area contributed by atoms with Crippen LogP contribution in [0.25, 0.3) is 0 Å². The molecule has 1 saturated heterocycles. The maximum atomic E-state index is 9.76. The van der Waals surface area contributed by atoms with Gasteiger partial charge in [-0.25, -0.2) is 9.97 Å². The van der Waals surface area contributed by atoms with Crippen LogP contribution in [0.2, 0.25) is 5.15 Å². The number of anilines is 1. The molecule has 3 heterocycles. The van der Waals surface area contributed by atoms with Gasteiger partial charge in [-0.3, -0.25) is 5.41 Å². The molecule has 1 aliphatic carbocycles. The molecule has 0 amide bonds. The van der Waals surface area contributed by atoms with Crippen LogP contribution in [0.3, 0.4) is 0 Å². The molecule has 0 radical (unpaired) electrons. The summed E-state index contributed by atoms with van der Waals surface area (Å²) in [5, 5.41) is 19.3. The van der Waals surface area contributed by atoms with Gasteiger partial charge >= 0.3 is 0 Å². The van der Waals surface area contributed by atoms with E-state index in [1.807, 2.05) is 17.8 Å². The van der Waals surface area contributed by atoms with E-state index in [2.05, 4.69) is 54.6 Å². The molecule has 1 fully saturated rings. The molecule has 1 aromatic rings. The van der Waals surface area contributed by atoms with Crippen LogP contribution in [0.1, 0.15) is 58.2 Å². The molecule has 3 aliphatic rings. The molecule has 2 aliphatic heterocycles. The lowest BCUT2D eigenvalue weighted by molar-refractivity contribution is 0.360. The lowest BCUT2D eigenvalue weighted by atomic mass is 9.75. The Morgan fingerprint density at radius 2 is 2.03 bits per heavy atom. The fourth-order valence-electron chi connectivity index (χ4n) is 5.45. The number of allylic oxidation sites excluding steroid dienone is 4. The van der Waals surface area contributed by atoms with Crippen LogP contribution in [0.5, 0.6) is 0 Å². The molecule has 1 unspecified atom stereocenters. The molecule has 8 heteroatoms. The quantitative estimate of drug-likeness (QED) is 0.281. The Kier molecular flexibility index (Phi) is 10.4. The van der Waals surface area contributed by atoms with Crippen molar-refractivity contribution in [3.05, 3.63) is 38.7 Å². The Bertz CT molecular complexity index is 1090. The lowest BCUT2D eigenvalue weighted by Gasteiger charge is -2.29. The molecule has 0 saturated carbocycles. The fourth-order valence-corrected chi connectivity index (χ4v) is 6.99. The second-order valence-corrected chi connectivity index (χ2v) is 11.1. The second kappa shape index (κ2) is 13.3. The molecule has 0 aromatic carbocycles. The maximum absolute atomic E-state index is 9.76. The van der Waals surface area contributed by atoms with Gasteiger partial charge in [-0.2, -0.15) is 5.26 Å². The number of likely N-dealkylation sites (N-methyl/N-ethyl adjacent to an activating group) is 1. The summed E-state index contributed by atoms with van der Waals surface area (Å²) in [5.41, 5.74) is 3.92. The van der Waals surface area contributed by atoms with Gasteiger partial charge in [0.25, 0.3) is 0 Å². The minimum Gasteiger partial charge on any atom is -0.355 e. The summed E-state index contributed by atoms with van der Waals surface area (Å²) in [5.74, 6) is 2.32. The molecule has 6 nitrogen and oxygen atoms in total. The zero-order valence-electron chi connectivity index (χ0n) is 21.7. The number of nitrogens with zero attached hydrogens (tertiary/aromatic N) is 5. The number of hydrogen-bond acceptors (Lipinski definition) is 7. The summed E-state index contributed by atoms with van der Waals surface area (Å²) >= 11 is 8.32. The minimum absolute atomic E-state index is 0.00694. The monoisotopic (exact) mass is 524 g/mol. The molecule has 192 valence electrons. The van der Waals surface area contributed by atoms with Crippen molar-refractivity contribution in [1.82, 2.24) is 14.9 Å². The van der Waals surface area contributed by atoms with E-state index >= 15 is 0 Å². The highest BCUT2D eigenvalue weighted by Crippen LogP contribution is 2.49. The van der Waals surface area contributed by atoms with E-state index in [0.29, 0.717) is 16.7 Å². The van der Waals surface area contributed by atoms with Crippen LogP contribution in [-0.2, 0) is 0 Å². The van der Waals surface area contributed by atoms with Gasteiger partial charge in [0.15, 0.2) is 5.82 Å². The molecule has 0 spiro atoms. The van der Waals surface area contributed by atoms with Crippen LogP contribution in [0, 0.1) is 41.4 Å². The first-order chi connectivity index (χ1) is 17.4. The molecule has 1 aromatic heterocycles. The number of nitrogens with one attached hydrogen (secondary N) is 1. The van der Waals surface area contributed by atoms with Crippen molar-refractivity contribution in [3.8, 4) is 18.9 Å². The summed E-state index contributed by atoms with van der Waals surface area (Å²) in [6.07, 6.45) is 14.1. The Hall–Kier alpha value is -2.32. The zero-order valence-corrected chi connectivity index (χ0v) is 23.3. The number of aromatic nitrogens is 2. The highest BCUT2D eigenvalue weighted by atomic mass is 35.5. The summed E-state index contributed by atoms with van der Waals surface area (Å²) in [6, 6.07) is 4.36. The number of thioether (sulfide) groups is 1. The summed E-state index contributed by atoms with van der Waals surface area (Å²) in [7, 11) is 2.15. The van der Waals surface area contributed by atoms with Crippen LogP contribution in [0.4, 0.5) is 5.82 Å². The van der Waals surface area contributed by atoms with E-state index in [9.17, 15) is 5.26 Å². The number of rotatable bonds is 6. The smallest absolute Gasteiger partial charge is 0.181 e. The zero-order chi connectivity index (χ0) is 26.2. The lowest BCUT2D eigenvalue weighted by Crippen LogP contribution is -2.30. The van der Waals surface area contributed by atoms with Crippen molar-refractivity contribution in [2.24, 2.45) is 11.8 Å². The Labute approximate surface area is 225 Å². The van der Waals surface area contributed by atoms with E-state index in [1.54, 1.807) is 0 Å². The Morgan fingerprint density at radius 1 is 1.25 bits per heavy atom. The topological polar surface area (TPSA) is 79.9 Å². The van der Waals surface area contributed by atoms with Gasteiger partial charge in [-0.05, 0) is 68.7 Å². The Morgan fingerprint density at radius 3 is 2.75 bits per heavy atom. The van der Waals surface area contributed by atoms with Crippen molar-refractivity contribution in [1.29, 1.82) is 10.7 Å². The molecule has 0 bridgehead atoms. The van der Waals surface area contributed by atoms with E-state index in [-0.39, 0.29) is 11.8 Å². The molecule has 4 rings (SSSR count). The van der Waals surface area contributed by atoms with Gasteiger partial charge in [0, 0.05) is 37.4 Å². The van der Waals surface area contributed by atoms with Crippen molar-refractivity contribution in [2.75, 3.05) is 43.9 Å². The SMILES string of the molecule is C#C.CCC/C(C(=N)c1nc(Cl)cc(N2CCCN(C)CC2)n1)=C(/C)[C@H]1CCCC2=C1C(C#N)CS2. The van der Waals surface area contributed by atoms with Crippen molar-refractivity contribution < 1.29 is 0 Å². The third-order valence-corrected chi connectivity index (χ3v) is 8.78. The third-order valence-electron chi connectivity index (χ3n) is 7.30. The molecule has 36 heavy (non-hydrogen) atoms. The first-order valence-corrected chi connectivity index (χ1v) is 14.1. The van der Waals surface area contributed by atoms with Gasteiger partial charge < -0.3 is 9.80 Å². The van der Waals surface area contributed by atoms with Gasteiger partial charge in [-0.15, -0.1) is 24.6 Å². The average molecular weight is 525 g/mol. The third kappa shape index (κ3) is 6.32. The minimum atomic E-state index is -0.00694. The van der Waals surface area contributed by atoms with Crippen LogP contribution >= 0.6 is 23.4 Å². The molecule has 1 N–H and O–H groups in total. The van der Waals surface area contributed by atoms with Gasteiger partial charge in [0.05, 0.1) is 12.0 Å². The van der Waals surface area contributed by atoms with Crippen molar-refractivity contribution >= 4 is 34.9 Å². The normalized spacial score (nSPS) is 23.1. The second-order valence-electron chi connectivity index (χ2n) is 9.62.